The number of carbonyl (C=O) groups is 1. The molecule has 0 aromatic carbocycles. The number of nitrogens with one attached hydrogen (secondary N) is 1. The number of amides is 1. The Morgan fingerprint density at radius 1 is 1.50 bits per heavy atom. The van der Waals surface area contributed by atoms with E-state index in [0.29, 0.717) is 12.1 Å². The number of piperidine rings is 1. The average molecular weight is 274 g/mol. The van der Waals surface area contributed by atoms with E-state index in [9.17, 15) is 4.79 Å². The average Bonchev–Trinajstić information content (AvgIpc) is 2.91. The molecule has 3 heterocycles. The summed E-state index contributed by atoms with van der Waals surface area (Å²) in [6.07, 6.45) is 7.03. The molecule has 1 saturated heterocycles. The maximum absolute atomic E-state index is 12.7. The zero-order valence-electron chi connectivity index (χ0n) is 11.2. The highest BCUT2D eigenvalue weighted by atomic mass is 16.3. The number of aromatic nitrogens is 3. The van der Waals surface area contributed by atoms with Crippen LogP contribution in [0.4, 0.5) is 0 Å². The molecule has 0 spiro atoms. The van der Waals surface area contributed by atoms with Crippen LogP contribution in [0.2, 0.25) is 0 Å². The molecule has 2 N–H and O–H groups in total. The third kappa shape index (κ3) is 2.27. The standard InChI is InChI=1S/C14H18N4O2/c19-8-5-10-3-1-2-7-18(10)14(20)13-11-9-15-6-4-12(11)16-17-13/h4,6,9-10,19H,1-3,5,7-8H2,(H,16,17). The molecule has 0 bridgehead atoms. The monoisotopic (exact) mass is 274 g/mol. The lowest BCUT2D eigenvalue weighted by Crippen LogP contribution is -2.44. The Labute approximate surface area is 116 Å². The number of aliphatic hydroxyl groups excluding tert-OH is 1. The Morgan fingerprint density at radius 3 is 3.25 bits per heavy atom. The zero-order chi connectivity index (χ0) is 13.9. The predicted octanol–water partition coefficient (Wildman–Crippen LogP) is 1.33. The van der Waals surface area contributed by atoms with Gasteiger partial charge in [-0.3, -0.25) is 14.9 Å². The third-order valence-corrected chi connectivity index (χ3v) is 3.92. The molecule has 6 heteroatoms. The second-order valence-electron chi connectivity index (χ2n) is 5.15. The molecule has 0 radical (unpaired) electrons. The lowest BCUT2D eigenvalue weighted by molar-refractivity contribution is 0.0570. The van der Waals surface area contributed by atoms with Gasteiger partial charge in [-0.1, -0.05) is 0 Å². The normalized spacial score (nSPS) is 19.4. The molecule has 3 rings (SSSR count). The topological polar surface area (TPSA) is 82.1 Å². The van der Waals surface area contributed by atoms with Gasteiger partial charge in [-0.25, -0.2) is 0 Å². The number of fused-ring (bicyclic) bond motifs is 1. The van der Waals surface area contributed by atoms with Gasteiger partial charge in [0.25, 0.3) is 5.91 Å². The van der Waals surface area contributed by atoms with E-state index in [-0.39, 0.29) is 18.6 Å². The first kappa shape index (κ1) is 13.1. The van der Waals surface area contributed by atoms with Crippen LogP contribution in [0.5, 0.6) is 0 Å². The van der Waals surface area contributed by atoms with E-state index in [0.717, 1.165) is 36.7 Å². The third-order valence-electron chi connectivity index (χ3n) is 3.92. The van der Waals surface area contributed by atoms with E-state index in [1.807, 2.05) is 4.90 Å². The SMILES string of the molecule is O=C(c1n[nH]c2ccncc12)N1CCCCC1CCO. The molecule has 0 aliphatic carbocycles. The molecule has 2 aromatic heterocycles. The van der Waals surface area contributed by atoms with Gasteiger partial charge in [0.15, 0.2) is 5.69 Å². The summed E-state index contributed by atoms with van der Waals surface area (Å²) in [5, 5.41) is 16.9. The van der Waals surface area contributed by atoms with Crippen molar-refractivity contribution in [3.8, 4) is 0 Å². The van der Waals surface area contributed by atoms with Gasteiger partial charge in [-0.15, -0.1) is 0 Å². The lowest BCUT2D eigenvalue weighted by atomic mass is 9.99. The number of rotatable bonds is 3. The van der Waals surface area contributed by atoms with Crippen LogP contribution in [0.25, 0.3) is 10.9 Å². The number of carbonyl (C=O) groups excluding carboxylic acids is 1. The first-order chi connectivity index (χ1) is 9.81. The van der Waals surface area contributed by atoms with Crippen LogP contribution < -0.4 is 0 Å². The highest BCUT2D eigenvalue weighted by Gasteiger charge is 2.29. The number of hydrogen-bond acceptors (Lipinski definition) is 4. The van der Waals surface area contributed by atoms with Crippen LogP contribution >= 0.6 is 0 Å². The Kier molecular flexibility index (Phi) is 3.64. The summed E-state index contributed by atoms with van der Waals surface area (Å²) in [7, 11) is 0. The highest BCUT2D eigenvalue weighted by molar-refractivity contribution is 6.04. The molecule has 1 unspecified atom stereocenters. The van der Waals surface area contributed by atoms with Crippen LogP contribution in [-0.4, -0.2) is 50.3 Å². The Bertz CT molecular complexity index is 608. The smallest absolute Gasteiger partial charge is 0.275 e. The molecule has 106 valence electrons. The zero-order valence-corrected chi connectivity index (χ0v) is 11.2. The predicted molar refractivity (Wildman–Crippen MR) is 74.3 cm³/mol. The fourth-order valence-corrected chi connectivity index (χ4v) is 2.87. The van der Waals surface area contributed by atoms with Crippen LogP contribution in [-0.2, 0) is 0 Å². The molecule has 6 nitrogen and oxygen atoms in total. The van der Waals surface area contributed by atoms with Crippen molar-refractivity contribution < 1.29 is 9.90 Å². The molecule has 1 atom stereocenters. The van der Waals surface area contributed by atoms with E-state index in [2.05, 4.69) is 15.2 Å². The largest absolute Gasteiger partial charge is 0.396 e. The van der Waals surface area contributed by atoms with Gasteiger partial charge in [0, 0.05) is 31.6 Å². The van der Waals surface area contributed by atoms with Crippen molar-refractivity contribution in [3.05, 3.63) is 24.2 Å². The summed E-state index contributed by atoms with van der Waals surface area (Å²) in [5.41, 5.74) is 1.25. The summed E-state index contributed by atoms with van der Waals surface area (Å²) in [4.78, 5) is 18.6. The van der Waals surface area contributed by atoms with Gasteiger partial charge in [-0.05, 0) is 31.7 Å². The molecule has 1 aliphatic heterocycles. The van der Waals surface area contributed by atoms with E-state index in [1.54, 1.807) is 18.5 Å². The minimum Gasteiger partial charge on any atom is -0.396 e. The van der Waals surface area contributed by atoms with E-state index >= 15 is 0 Å². The maximum atomic E-state index is 12.7. The Hall–Kier alpha value is -1.95. The van der Waals surface area contributed by atoms with Crippen molar-refractivity contribution in [2.75, 3.05) is 13.2 Å². The van der Waals surface area contributed by atoms with Gasteiger partial charge >= 0.3 is 0 Å². The summed E-state index contributed by atoms with van der Waals surface area (Å²) >= 11 is 0. The fraction of sp³-hybridized carbons (Fsp3) is 0.500. The quantitative estimate of drug-likeness (QED) is 0.884. The second-order valence-corrected chi connectivity index (χ2v) is 5.15. The number of aliphatic hydroxyl groups is 1. The molecular formula is C14H18N4O2. The van der Waals surface area contributed by atoms with Gasteiger partial charge in [0.1, 0.15) is 0 Å². The van der Waals surface area contributed by atoms with Crippen molar-refractivity contribution >= 4 is 16.8 Å². The Balaban J connectivity index is 1.90. The summed E-state index contributed by atoms with van der Waals surface area (Å²) < 4.78 is 0. The highest BCUT2D eigenvalue weighted by Crippen LogP contribution is 2.23. The first-order valence-corrected chi connectivity index (χ1v) is 7.01. The van der Waals surface area contributed by atoms with Crippen molar-refractivity contribution in [1.29, 1.82) is 0 Å². The number of likely N-dealkylation sites (tertiary alicyclic amines) is 1. The fourth-order valence-electron chi connectivity index (χ4n) is 2.87. The molecule has 1 aliphatic rings. The van der Waals surface area contributed by atoms with Crippen LogP contribution in [0, 0.1) is 0 Å². The summed E-state index contributed by atoms with van der Waals surface area (Å²) in [6, 6.07) is 1.92. The number of pyridine rings is 1. The first-order valence-electron chi connectivity index (χ1n) is 7.01. The van der Waals surface area contributed by atoms with E-state index in [1.165, 1.54) is 0 Å². The van der Waals surface area contributed by atoms with Crippen molar-refractivity contribution in [1.82, 2.24) is 20.1 Å². The van der Waals surface area contributed by atoms with Crippen LogP contribution in [0.1, 0.15) is 36.2 Å². The van der Waals surface area contributed by atoms with Crippen molar-refractivity contribution in [2.45, 2.75) is 31.7 Å². The number of hydrogen-bond donors (Lipinski definition) is 2. The Morgan fingerprint density at radius 2 is 2.40 bits per heavy atom. The second kappa shape index (κ2) is 5.58. The maximum Gasteiger partial charge on any atom is 0.275 e. The molecule has 0 saturated carbocycles. The van der Waals surface area contributed by atoms with Crippen LogP contribution in [0.3, 0.4) is 0 Å². The summed E-state index contributed by atoms with van der Waals surface area (Å²) in [5.74, 6) is -0.0672. The van der Waals surface area contributed by atoms with Crippen molar-refractivity contribution in [2.24, 2.45) is 0 Å². The number of nitrogens with zero attached hydrogens (tertiary/aromatic N) is 3. The van der Waals surface area contributed by atoms with Crippen molar-refractivity contribution in [3.63, 3.8) is 0 Å². The van der Waals surface area contributed by atoms with E-state index < -0.39 is 0 Å². The number of aromatic amines is 1. The van der Waals surface area contributed by atoms with Gasteiger partial charge in [-0.2, -0.15) is 5.10 Å². The lowest BCUT2D eigenvalue weighted by Gasteiger charge is -2.35. The van der Waals surface area contributed by atoms with E-state index in [4.69, 9.17) is 5.11 Å². The molecular weight excluding hydrogens is 256 g/mol. The summed E-state index contributed by atoms with van der Waals surface area (Å²) in [6.45, 7) is 0.843. The minimum absolute atomic E-state index is 0.0672. The van der Waals surface area contributed by atoms with Gasteiger partial charge in [0.05, 0.1) is 10.9 Å². The number of H-pyrrole nitrogens is 1. The van der Waals surface area contributed by atoms with Gasteiger partial charge in [0.2, 0.25) is 0 Å². The minimum atomic E-state index is -0.0672. The molecule has 1 amide bonds. The molecule has 2 aromatic rings. The molecule has 20 heavy (non-hydrogen) atoms. The van der Waals surface area contributed by atoms with Crippen LogP contribution in [0.15, 0.2) is 18.5 Å². The van der Waals surface area contributed by atoms with Gasteiger partial charge < -0.3 is 10.0 Å². The molecule has 1 fully saturated rings.